The number of fused-ring (bicyclic) bond motifs is 1. The van der Waals surface area contributed by atoms with E-state index in [2.05, 4.69) is 25.7 Å². The fourth-order valence-corrected chi connectivity index (χ4v) is 4.08. The van der Waals surface area contributed by atoms with Crippen LogP contribution in [0.3, 0.4) is 0 Å². The lowest BCUT2D eigenvalue weighted by molar-refractivity contribution is 0.197. The Morgan fingerprint density at radius 3 is 2.86 bits per heavy atom. The molecule has 22 heavy (non-hydrogen) atoms. The summed E-state index contributed by atoms with van der Waals surface area (Å²) in [6.45, 7) is 5.61. The highest BCUT2D eigenvalue weighted by Crippen LogP contribution is 2.15. The maximum absolute atomic E-state index is 11.3. The van der Waals surface area contributed by atoms with Gasteiger partial charge >= 0.3 is 0 Å². The van der Waals surface area contributed by atoms with E-state index in [1.54, 1.807) is 0 Å². The van der Waals surface area contributed by atoms with E-state index in [9.17, 15) is 8.42 Å². The van der Waals surface area contributed by atoms with Crippen molar-refractivity contribution >= 4 is 10.0 Å². The lowest BCUT2D eigenvalue weighted by atomic mass is 10.1. The monoisotopic (exact) mass is 327 g/mol. The van der Waals surface area contributed by atoms with E-state index in [1.807, 2.05) is 0 Å². The molecule has 8 heteroatoms. The van der Waals surface area contributed by atoms with Gasteiger partial charge in [-0.3, -0.25) is 9.58 Å². The summed E-state index contributed by atoms with van der Waals surface area (Å²) in [5, 5.41) is 8.12. The molecule has 3 rings (SSSR count). The molecule has 2 aliphatic rings. The van der Waals surface area contributed by atoms with Crippen molar-refractivity contribution in [2.24, 2.45) is 0 Å². The van der Waals surface area contributed by atoms with Gasteiger partial charge in [0.25, 0.3) is 0 Å². The number of aryl methyl sites for hydroxylation is 1. The van der Waals surface area contributed by atoms with Crippen molar-refractivity contribution in [3.05, 3.63) is 17.5 Å². The highest BCUT2D eigenvalue weighted by molar-refractivity contribution is 7.88. The lowest BCUT2D eigenvalue weighted by Crippen LogP contribution is -2.44. The van der Waals surface area contributed by atoms with Crippen LogP contribution in [-0.4, -0.2) is 55.0 Å². The number of rotatable bonds is 4. The summed E-state index contributed by atoms with van der Waals surface area (Å²) in [5.74, 6) is 0. The molecule has 0 aromatic carbocycles. The largest absolute Gasteiger partial charge is 0.311 e. The first kappa shape index (κ1) is 15.9. The molecule has 1 saturated heterocycles. The molecular weight excluding hydrogens is 302 g/mol. The molecular formula is C14H25N5O2S. The van der Waals surface area contributed by atoms with Crippen LogP contribution in [0.15, 0.2) is 6.07 Å². The molecule has 0 amide bonds. The average molecular weight is 327 g/mol. The molecule has 1 aromatic heterocycles. The van der Waals surface area contributed by atoms with Crippen molar-refractivity contribution in [2.45, 2.75) is 44.9 Å². The molecule has 0 bridgehead atoms. The van der Waals surface area contributed by atoms with Crippen molar-refractivity contribution in [3.8, 4) is 0 Å². The van der Waals surface area contributed by atoms with Crippen LogP contribution in [0.2, 0.25) is 0 Å². The lowest BCUT2D eigenvalue weighted by Gasteiger charge is -2.31. The standard InChI is InChI=1S/C14H25N5O2S/c1-22(20,21)17-12-3-7-18(8-4-12)11-13-9-14-10-15-5-2-6-19(14)16-13/h9,12,15,17H,2-8,10-11H2,1H3. The molecule has 0 saturated carbocycles. The minimum Gasteiger partial charge on any atom is -0.311 e. The van der Waals surface area contributed by atoms with Crippen LogP contribution < -0.4 is 10.0 Å². The van der Waals surface area contributed by atoms with Gasteiger partial charge in [0.1, 0.15) is 0 Å². The number of hydrogen-bond donors (Lipinski definition) is 2. The van der Waals surface area contributed by atoms with Crippen LogP contribution in [0.4, 0.5) is 0 Å². The first-order valence-corrected chi connectivity index (χ1v) is 9.85. The van der Waals surface area contributed by atoms with Crippen LogP contribution in [0.25, 0.3) is 0 Å². The first-order chi connectivity index (χ1) is 10.5. The topological polar surface area (TPSA) is 79.3 Å². The first-order valence-electron chi connectivity index (χ1n) is 7.95. The minimum absolute atomic E-state index is 0.0779. The summed E-state index contributed by atoms with van der Waals surface area (Å²) in [6.07, 6.45) is 4.08. The van der Waals surface area contributed by atoms with Crippen molar-refractivity contribution in [2.75, 3.05) is 25.9 Å². The van der Waals surface area contributed by atoms with E-state index < -0.39 is 10.0 Å². The molecule has 3 heterocycles. The zero-order chi connectivity index (χ0) is 15.6. The SMILES string of the molecule is CS(=O)(=O)NC1CCN(Cc2cc3n(n2)CCCNC3)CC1. The Labute approximate surface area is 132 Å². The molecule has 1 fully saturated rings. The second-order valence-corrected chi connectivity index (χ2v) is 8.10. The van der Waals surface area contributed by atoms with Gasteiger partial charge < -0.3 is 5.32 Å². The van der Waals surface area contributed by atoms with Gasteiger partial charge in [-0.1, -0.05) is 0 Å². The van der Waals surface area contributed by atoms with E-state index in [0.29, 0.717) is 0 Å². The van der Waals surface area contributed by atoms with Gasteiger partial charge in [-0.05, 0) is 31.9 Å². The Morgan fingerprint density at radius 2 is 2.14 bits per heavy atom. The van der Waals surface area contributed by atoms with Crippen LogP contribution in [0.5, 0.6) is 0 Å². The number of piperidine rings is 1. The Kier molecular flexibility index (Phi) is 4.82. The van der Waals surface area contributed by atoms with E-state index >= 15 is 0 Å². The molecule has 0 unspecified atom stereocenters. The molecule has 124 valence electrons. The van der Waals surface area contributed by atoms with Crippen molar-refractivity contribution in [1.82, 2.24) is 24.7 Å². The molecule has 2 aliphatic heterocycles. The minimum atomic E-state index is -3.10. The number of aromatic nitrogens is 2. The van der Waals surface area contributed by atoms with Crippen LogP contribution >= 0.6 is 0 Å². The van der Waals surface area contributed by atoms with Crippen LogP contribution in [0, 0.1) is 0 Å². The Balaban J connectivity index is 1.53. The fraction of sp³-hybridized carbons (Fsp3) is 0.786. The molecule has 7 nitrogen and oxygen atoms in total. The number of nitrogens with zero attached hydrogens (tertiary/aromatic N) is 3. The average Bonchev–Trinajstić information content (AvgIpc) is 2.68. The van der Waals surface area contributed by atoms with Gasteiger partial charge in [0.15, 0.2) is 0 Å². The number of likely N-dealkylation sites (tertiary alicyclic amines) is 1. The van der Waals surface area contributed by atoms with Gasteiger partial charge in [-0.2, -0.15) is 5.10 Å². The Morgan fingerprint density at radius 1 is 1.36 bits per heavy atom. The Bertz CT molecular complexity index is 581. The maximum Gasteiger partial charge on any atom is 0.208 e. The summed E-state index contributed by atoms with van der Waals surface area (Å²) in [5.41, 5.74) is 2.38. The second-order valence-electron chi connectivity index (χ2n) is 6.32. The van der Waals surface area contributed by atoms with Crippen LogP contribution in [-0.2, 0) is 29.7 Å². The molecule has 0 radical (unpaired) electrons. The summed E-state index contributed by atoms with van der Waals surface area (Å²) in [4.78, 5) is 2.36. The third kappa shape index (κ3) is 4.28. The molecule has 1 aromatic rings. The zero-order valence-corrected chi connectivity index (χ0v) is 13.9. The normalized spacial score (nSPS) is 21.5. The predicted octanol–water partition coefficient (Wildman–Crippen LogP) is -0.110. The maximum atomic E-state index is 11.3. The molecule has 0 atom stereocenters. The van der Waals surface area contributed by atoms with Crippen molar-refractivity contribution in [1.29, 1.82) is 0 Å². The summed E-state index contributed by atoms with van der Waals surface area (Å²) in [6, 6.07) is 2.27. The zero-order valence-electron chi connectivity index (χ0n) is 13.1. The fourth-order valence-electron chi connectivity index (χ4n) is 3.24. The predicted molar refractivity (Wildman–Crippen MR) is 84.8 cm³/mol. The third-order valence-electron chi connectivity index (χ3n) is 4.30. The Hall–Kier alpha value is -0.960. The quantitative estimate of drug-likeness (QED) is 0.807. The smallest absolute Gasteiger partial charge is 0.208 e. The van der Waals surface area contributed by atoms with Gasteiger partial charge in [0.2, 0.25) is 10.0 Å². The summed E-state index contributed by atoms with van der Waals surface area (Å²) in [7, 11) is -3.10. The number of hydrogen-bond acceptors (Lipinski definition) is 5. The van der Waals surface area contributed by atoms with E-state index in [0.717, 1.165) is 64.2 Å². The van der Waals surface area contributed by atoms with Gasteiger partial charge in [-0.15, -0.1) is 0 Å². The number of sulfonamides is 1. The highest BCUT2D eigenvalue weighted by Gasteiger charge is 2.22. The van der Waals surface area contributed by atoms with Crippen molar-refractivity contribution < 1.29 is 8.42 Å². The van der Waals surface area contributed by atoms with E-state index in [4.69, 9.17) is 5.10 Å². The van der Waals surface area contributed by atoms with Gasteiger partial charge in [-0.25, -0.2) is 13.1 Å². The van der Waals surface area contributed by atoms with Crippen LogP contribution in [0.1, 0.15) is 30.7 Å². The highest BCUT2D eigenvalue weighted by atomic mass is 32.2. The molecule has 2 N–H and O–H groups in total. The molecule has 0 spiro atoms. The summed E-state index contributed by atoms with van der Waals surface area (Å²) >= 11 is 0. The van der Waals surface area contributed by atoms with Gasteiger partial charge in [0, 0.05) is 38.8 Å². The van der Waals surface area contributed by atoms with E-state index in [1.165, 1.54) is 11.9 Å². The second kappa shape index (κ2) is 6.66. The third-order valence-corrected chi connectivity index (χ3v) is 5.06. The van der Waals surface area contributed by atoms with Crippen molar-refractivity contribution in [3.63, 3.8) is 0 Å². The van der Waals surface area contributed by atoms with Gasteiger partial charge in [0.05, 0.1) is 17.6 Å². The summed E-state index contributed by atoms with van der Waals surface area (Å²) < 4.78 is 27.4. The molecule has 0 aliphatic carbocycles. The number of nitrogens with one attached hydrogen (secondary N) is 2. The van der Waals surface area contributed by atoms with E-state index in [-0.39, 0.29) is 6.04 Å².